The molecule has 0 spiro atoms. The van der Waals surface area contributed by atoms with Crippen molar-refractivity contribution in [2.24, 2.45) is 0 Å². The van der Waals surface area contributed by atoms with E-state index < -0.39 is 7.60 Å². The van der Waals surface area contributed by atoms with Gasteiger partial charge in [-0.1, -0.05) is 0 Å². The first-order valence-corrected chi connectivity index (χ1v) is 6.75. The Morgan fingerprint density at radius 3 is 2.40 bits per heavy atom. The normalized spacial score (nSPS) is 14.6. The van der Waals surface area contributed by atoms with Crippen LogP contribution in [-0.2, 0) is 23.1 Å². The SMILES string of the molecule is CCOC(=O)CCCP(=O)(OC)OCC. The molecule has 6 heteroatoms. The Hall–Kier alpha value is -0.380. The number of ether oxygens (including phenoxy) is 1. The van der Waals surface area contributed by atoms with Gasteiger partial charge in [0.15, 0.2) is 0 Å². The fraction of sp³-hybridized carbons (Fsp3) is 0.889. The molecule has 90 valence electrons. The minimum absolute atomic E-state index is 0.244. The third-order valence-corrected chi connectivity index (χ3v) is 3.79. The zero-order chi connectivity index (χ0) is 11.7. The number of carbonyl (C=O) groups is 1. The fourth-order valence-corrected chi connectivity index (χ4v) is 2.41. The van der Waals surface area contributed by atoms with Gasteiger partial charge in [0.2, 0.25) is 0 Å². The Bertz CT molecular complexity index is 229. The average molecular weight is 238 g/mol. The number of hydrogen-bond donors (Lipinski definition) is 0. The zero-order valence-electron chi connectivity index (χ0n) is 9.52. The topological polar surface area (TPSA) is 61.8 Å². The predicted octanol–water partition coefficient (Wildman–Crippen LogP) is 2.21. The molecule has 0 saturated heterocycles. The summed E-state index contributed by atoms with van der Waals surface area (Å²) in [7, 11) is -1.64. The van der Waals surface area contributed by atoms with Crippen molar-refractivity contribution in [1.29, 1.82) is 0 Å². The molecule has 0 aliphatic rings. The minimum atomic E-state index is -2.98. The van der Waals surface area contributed by atoms with Gasteiger partial charge in [-0.2, -0.15) is 0 Å². The van der Waals surface area contributed by atoms with Crippen molar-refractivity contribution >= 4 is 13.6 Å². The van der Waals surface area contributed by atoms with E-state index in [4.69, 9.17) is 13.8 Å². The molecule has 0 saturated carbocycles. The maximum Gasteiger partial charge on any atom is 0.330 e. The first-order valence-electron chi connectivity index (χ1n) is 5.03. The molecule has 0 aromatic rings. The van der Waals surface area contributed by atoms with E-state index in [0.717, 1.165) is 0 Å². The highest BCUT2D eigenvalue weighted by Gasteiger charge is 2.21. The van der Waals surface area contributed by atoms with Gasteiger partial charge in [-0.15, -0.1) is 0 Å². The molecule has 0 bridgehead atoms. The lowest BCUT2D eigenvalue weighted by Gasteiger charge is -2.14. The quantitative estimate of drug-likeness (QED) is 0.479. The molecule has 1 unspecified atom stereocenters. The van der Waals surface area contributed by atoms with E-state index in [1.165, 1.54) is 7.11 Å². The molecule has 0 aliphatic heterocycles. The lowest BCUT2D eigenvalue weighted by atomic mass is 10.3. The number of esters is 1. The monoisotopic (exact) mass is 238 g/mol. The molecule has 0 radical (unpaired) electrons. The van der Waals surface area contributed by atoms with E-state index in [1.807, 2.05) is 0 Å². The van der Waals surface area contributed by atoms with Crippen molar-refractivity contribution in [2.75, 3.05) is 26.5 Å². The van der Waals surface area contributed by atoms with E-state index in [2.05, 4.69) is 0 Å². The summed E-state index contributed by atoms with van der Waals surface area (Å²) in [5.41, 5.74) is 0. The summed E-state index contributed by atoms with van der Waals surface area (Å²) < 4.78 is 26.3. The molecule has 0 amide bonds. The summed E-state index contributed by atoms with van der Waals surface area (Å²) in [4.78, 5) is 11.0. The Morgan fingerprint density at radius 2 is 1.93 bits per heavy atom. The third kappa shape index (κ3) is 6.66. The molecule has 0 heterocycles. The first-order chi connectivity index (χ1) is 7.08. The summed E-state index contributed by atoms with van der Waals surface area (Å²) in [5.74, 6) is -0.281. The van der Waals surface area contributed by atoms with Crippen LogP contribution in [0, 0.1) is 0 Å². The van der Waals surface area contributed by atoms with Crippen LogP contribution < -0.4 is 0 Å². The van der Waals surface area contributed by atoms with Crippen molar-refractivity contribution in [3.63, 3.8) is 0 Å². The Morgan fingerprint density at radius 1 is 1.27 bits per heavy atom. The van der Waals surface area contributed by atoms with Gasteiger partial charge in [-0.3, -0.25) is 9.36 Å². The second-order valence-electron chi connectivity index (χ2n) is 2.84. The van der Waals surface area contributed by atoms with Gasteiger partial charge in [0.1, 0.15) is 0 Å². The largest absolute Gasteiger partial charge is 0.466 e. The number of rotatable bonds is 8. The van der Waals surface area contributed by atoms with Crippen LogP contribution in [0.2, 0.25) is 0 Å². The van der Waals surface area contributed by atoms with Crippen LogP contribution >= 0.6 is 7.60 Å². The van der Waals surface area contributed by atoms with Gasteiger partial charge in [0, 0.05) is 13.5 Å². The number of hydrogen-bond acceptors (Lipinski definition) is 5. The van der Waals surface area contributed by atoms with E-state index >= 15 is 0 Å². The highest BCUT2D eigenvalue weighted by molar-refractivity contribution is 7.53. The molecule has 0 aromatic carbocycles. The molecule has 0 rings (SSSR count). The van der Waals surface area contributed by atoms with Crippen molar-refractivity contribution < 1.29 is 23.1 Å². The Balaban J connectivity index is 3.82. The minimum Gasteiger partial charge on any atom is -0.466 e. The van der Waals surface area contributed by atoms with Crippen LogP contribution in [-0.4, -0.2) is 32.5 Å². The van der Waals surface area contributed by atoms with Gasteiger partial charge in [-0.05, 0) is 20.3 Å². The molecule has 0 aliphatic carbocycles. The predicted molar refractivity (Wildman–Crippen MR) is 57.0 cm³/mol. The summed E-state index contributed by atoms with van der Waals surface area (Å²) >= 11 is 0. The summed E-state index contributed by atoms with van der Waals surface area (Å²) in [6.45, 7) is 4.20. The van der Waals surface area contributed by atoms with Crippen LogP contribution in [0.25, 0.3) is 0 Å². The molecule has 0 fully saturated rings. The van der Waals surface area contributed by atoms with Crippen molar-refractivity contribution in [3.05, 3.63) is 0 Å². The highest BCUT2D eigenvalue weighted by atomic mass is 31.2. The molecular formula is C9H19O5P. The molecule has 15 heavy (non-hydrogen) atoms. The first kappa shape index (κ1) is 14.6. The molecular weight excluding hydrogens is 219 g/mol. The maximum absolute atomic E-state index is 11.7. The lowest BCUT2D eigenvalue weighted by molar-refractivity contribution is -0.143. The Kier molecular flexibility index (Phi) is 7.65. The van der Waals surface area contributed by atoms with E-state index in [-0.39, 0.29) is 18.6 Å². The highest BCUT2D eigenvalue weighted by Crippen LogP contribution is 2.47. The zero-order valence-corrected chi connectivity index (χ0v) is 10.4. The van der Waals surface area contributed by atoms with Crippen LogP contribution in [0.3, 0.4) is 0 Å². The second kappa shape index (κ2) is 7.85. The van der Waals surface area contributed by atoms with Gasteiger partial charge in [-0.25, -0.2) is 0 Å². The fourth-order valence-electron chi connectivity index (χ4n) is 1.06. The van der Waals surface area contributed by atoms with Crippen LogP contribution in [0.15, 0.2) is 0 Å². The lowest BCUT2D eigenvalue weighted by Crippen LogP contribution is -2.05. The van der Waals surface area contributed by atoms with Crippen LogP contribution in [0.1, 0.15) is 26.7 Å². The van der Waals surface area contributed by atoms with E-state index in [0.29, 0.717) is 19.6 Å². The third-order valence-electron chi connectivity index (χ3n) is 1.72. The summed E-state index contributed by atoms with van der Waals surface area (Å²) in [6, 6.07) is 0. The summed E-state index contributed by atoms with van der Waals surface area (Å²) in [5, 5.41) is 0. The Labute approximate surface area is 90.6 Å². The van der Waals surface area contributed by atoms with Crippen molar-refractivity contribution in [1.82, 2.24) is 0 Å². The second-order valence-corrected chi connectivity index (χ2v) is 5.14. The smallest absolute Gasteiger partial charge is 0.330 e. The van der Waals surface area contributed by atoms with Crippen LogP contribution in [0.5, 0.6) is 0 Å². The van der Waals surface area contributed by atoms with Gasteiger partial charge in [0.05, 0.1) is 19.4 Å². The van der Waals surface area contributed by atoms with E-state index in [1.54, 1.807) is 13.8 Å². The molecule has 0 aromatic heterocycles. The van der Waals surface area contributed by atoms with Gasteiger partial charge in [0.25, 0.3) is 0 Å². The van der Waals surface area contributed by atoms with Gasteiger partial charge >= 0.3 is 13.6 Å². The van der Waals surface area contributed by atoms with E-state index in [9.17, 15) is 9.36 Å². The summed E-state index contributed by atoms with van der Waals surface area (Å²) in [6.07, 6.45) is 0.939. The molecule has 0 N–H and O–H groups in total. The maximum atomic E-state index is 11.7. The van der Waals surface area contributed by atoms with Crippen molar-refractivity contribution in [3.8, 4) is 0 Å². The molecule has 5 nitrogen and oxygen atoms in total. The molecule has 1 atom stereocenters. The van der Waals surface area contributed by atoms with Crippen LogP contribution in [0.4, 0.5) is 0 Å². The van der Waals surface area contributed by atoms with Gasteiger partial charge < -0.3 is 13.8 Å². The standard InChI is InChI=1S/C9H19O5P/c1-4-13-9(10)7-6-8-15(11,12-3)14-5-2/h4-8H2,1-3H3. The average Bonchev–Trinajstić information content (AvgIpc) is 2.18. The number of carbonyl (C=O) groups excluding carboxylic acids is 1. The van der Waals surface area contributed by atoms with Crippen molar-refractivity contribution in [2.45, 2.75) is 26.7 Å².